The maximum Gasteiger partial charge on any atom is 0.305 e. The Balaban J connectivity index is 3.40. The lowest BCUT2D eigenvalue weighted by Gasteiger charge is -2.22. The number of ether oxygens (including phenoxy) is 1. The molecule has 0 bridgehead atoms. The van der Waals surface area contributed by atoms with E-state index in [-0.39, 0.29) is 18.5 Å². The highest BCUT2D eigenvalue weighted by atomic mass is 16.5. The van der Waals surface area contributed by atoms with E-state index in [9.17, 15) is 19.8 Å². The van der Waals surface area contributed by atoms with Crippen LogP contribution in [-0.2, 0) is 14.3 Å². The highest BCUT2D eigenvalue weighted by Crippen LogP contribution is 2.18. The minimum Gasteiger partial charge on any atom is -0.466 e. The Morgan fingerprint density at radius 2 is 0.725 bits per heavy atom. The number of carbonyl (C=O) groups excluding carboxylic acids is 2. The van der Waals surface area contributed by atoms with E-state index < -0.39 is 12.1 Å². The lowest BCUT2D eigenvalue weighted by atomic mass is 10.0. The van der Waals surface area contributed by atoms with Crippen LogP contribution in [-0.4, -0.2) is 47.4 Å². The van der Waals surface area contributed by atoms with Gasteiger partial charge in [-0.15, -0.1) is 0 Å². The summed E-state index contributed by atoms with van der Waals surface area (Å²) in [4.78, 5) is 24.6. The van der Waals surface area contributed by atoms with E-state index in [1.807, 2.05) is 0 Å². The number of allylic oxidation sites excluding steroid dienone is 4. The Hall–Kier alpha value is -1.66. The van der Waals surface area contributed by atoms with Crippen molar-refractivity contribution in [1.82, 2.24) is 5.32 Å². The number of aliphatic hydroxyl groups is 2. The smallest absolute Gasteiger partial charge is 0.305 e. The number of rotatable bonds is 58. The van der Waals surface area contributed by atoms with Gasteiger partial charge in [0.1, 0.15) is 0 Å². The molecule has 0 heterocycles. The van der Waals surface area contributed by atoms with Crippen LogP contribution in [0.2, 0.25) is 0 Å². The van der Waals surface area contributed by atoms with Gasteiger partial charge in [-0.25, -0.2) is 0 Å². The van der Waals surface area contributed by atoms with E-state index in [0.29, 0.717) is 25.9 Å². The largest absolute Gasteiger partial charge is 0.466 e. The van der Waals surface area contributed by atoms with Gasteiger partial charge in [0.15, 0.2) is 0 Å². The zero-order valence-electron chi connectivity index (χ0n) is 46.6. The maximum absolute atomic E-state index is 12.5. The molecule has 3 N–H and O–H groups in total. The van der Waals surface area contributed by atoms with E-state index >= 15 is 0 Å². The number of hydrogen-bond donors (Lipinski definition) is 3. The summed E-state index contributed by atoms with van der Waals surface area (Å²) in [6.45, 7) is 4.94. The van der Waals surface area contributed by atoms with Crippen molar-refractivity contribution < 1.29 is 24.5 Å². The number of carbonyl (C=O) groups is 2. The predicted octanol–water partition coefficient (Wildman–Crippen LogP) is 19.4. The van der Waals surface area contributed by atoms with Gasteiger partial charge in [0, 0.05) is 12.8 Å². The molecule has 0 aliphatic heterocycles. The van der Waals surface area contributed by atoms with Crippen LogP contribution in [0, 0.1) is 0 Å². The van der Waals surface area contributed by atoms with Crippen LogP contribution in [0.5, 0.6) is 0 Å². The van der Waals surface area contributed by atoms with Gasteiger partial charge in [-0.3, -0.25) is 9.59 Å². The number of unbranched alkanes of at least 4 members (excludes halogenated alkanes) is 43. The van der Waals surface area contributed by atoms with E-state index in [4.69, 9.17) is 4.74 Å². The van der Waals surface area contributed by atoms with Crippen LogP contribution >= 0.6 is 0 Å². The molecule has 0 saturated carbocycles. The first-order chi connectivity index (χ1) is 34.0. The molecule has 0 rings (SSSR count). The summed E-state index contributed by atoms with van der Waals surface area (Å²) in [6, 6.07) is -0.544. The fraction of sp³-hybridized carbons (Fsp3) is 0.905. The summed E-state index contributed by atoms with van der Waals surface area (Å²) in [7, 11) is 0. The first-order valence-corrected chi connectivity index (χ1v) is 31.1. The number of esters is 1. The lowest BCUT2D eigenvalue weighted by Crippen LogP contribution is -2.45. The molecule has 6 nitrogen and oxygen atoms in total. The third-order valence-corrected chi connectivity index (χ3v) is 14.5. The Labute approximate surface area is 431 Å². The summed E-state index contributed by atoms with van der Waals surface area (Å²) < 4.78 is 5.48. The Morgan fingerprint density at radius 3 is 1.13 bits per heavy atom. The third-order valence-electron chi connectivity index (χ3n) is 14.5. The van der Waals surface area contributed by atoms with Crippen molar-refractivity contribution in [2.24, 2.45) is 0 Å². The number of amides is 1. The minimum absolute atomic E-state index is 0.00435. The van der Waals surface area contributed by atoms with Crippen LogP contribution in [0.15, 0.2) is 24.3 Å². The zero-order chi connectivity index (χ0) is 50.0. The van der Waals surface area contributed by atoms with Crippen molar-refractivity contribution in [3.63, 3.8) is 0 Å². The standard InChI is InChI=1S/C63H121NO5/c1-3-5-7-9-11-13-15-17-19-20-24-28-31-35-39-43-47-51-55-61(66)60(59-65)64-62(67)56-52-48-44-40-36-32-29-25-22-21-23-26-30-34-38-42-46-50-54-58-69-63(68)57-53-49-45-41-37-33-27-18-16-14-12-10-8-6-4-2/h12,14,18,27,60-61,65-66H,3-11,13,15-17,19-26,28-59H2,1-2H3,(H,64,67)/b14-12-,27-18-. The Kier molecular flexibility index (Phi) is 57.5. The van der Waals surface area contributed by atoms with Crippen molar-refractivity contribution in [3.05, 3.63) is 24.3 Å². The quantitative estimate of drug-likeness (QED) is 0.0321. The average Bonchev–Trinajstić information content (AvgIpc) is 3.35. The fourth-order valence-corrected chi connectivity index (χ4v) is 9.73. The van der Waals surface area contributed by atoms with Gasteiger partial charge in [0.05, 0.1) is 25.4 Å². The van der Waals surface area contributed by atoms with Gasteiger partial charge >= 0.3 is 5.97 Å². The Bertz CT molecular complexity index is 1080. The molecule has 0 fully saturated rings. The normalized spacial score (nSPS) is 12.7. The topological polar surface area (TPSA) is 95.9 Å². The first kappa shape index (κ1) is 67.3. The summed E-state index contributed by atoms with van der Waals surface area (Å²) in [5.41, 5.74) is 0. The number of hydrogen-bond acceptors (Lipinski definition) is 5. The van der Waals surface area contributed by atoms with Crippen molar-refractivity contribution in [2.45, 2.75) is 353 Å². The molecule has 2 atom stereocenters. The summed E-state index contributed by atoms with van der Waals surface area (Å²) in [5.74, 6) is -0.0397. The number of aliphatic hydroxyl groups excluding tert-OH is 2. The van der Waals surface area contributed by atoms with Crippen LogP contribution in [0.4, 0.5) is 0 Å². The summed E-state index contributed by atoms with van der Waals surface area (Å²) in [6.07, 6.45) is 71.8. The van der Waals surface area contributed by atoms with Crippen LogP contribution in [0.3, 0.4) is 0 Å². The van der Waals surface area contributed by atoms with Crippen LogP contribution in [0.1, 0.15) is 341 Å². The van der Waals surface area contributed by atoms with Gasteiger partial charge in [0.2, 0.25) is 5.91 Å². The molecule has 0 aliphatic carbocycles. The predicted molar refractivity (Wildman–Crippen MR) is 301 cm³/mol. The molecular formula is C63H121NO5. The van der Waals surface area contributed by atoms with Gasteiger partial charge in [-0.05, 0) is 57.8 Å². The van der Waals surface area contributed by atoms with Crippen LogP contribution < -0.4 is 5.32 Å². The van der Waals surface area contributed by atoms with Crippen molar-refractivity contribution in [1.29, 1.82) is 0 Å². The SMILES string of the molecule is CCCCC/C=C\C/C=C\CCCCCCCC(=O)OCCCCCCCCCCCCCCCCCCCCCC(=O)NC(CO)C(O)CCCCCCCCCCCCCCCCCCCC. The third kappa shape index (κ3) is 55.5. The molecule has 0 aliphatic rings. The highest BCUT2D eigenvalue weighted by molar-refractivity contribution is 5.76. The molecule has 0 aromatic carbocycles. The molecule has 6 heteroatoms. The maximum atomic E-state index is 12.5. The van der Waals surface area contributed by atoms with Gasteiger partial charge in [0.25, 0.3) is 0 Å². The minimum atomic E-state index is -0.667. The van der Waals surface area contributed by atoms with E-state index in [1.54, 1.807) is 0 Å². The van der Waals surface area contributed by atoms with Crippen molar-refractivity contribution in [3.8, 4) is 0 Å². The lowest BCUT2D eigenvalue weighted by molar-refractivity contribution is -0.143. The van der Waals surface area contributed by atoms with E-state index in [0.717, 1.165) is 51.4 Å². The molecule has 1 amide bonds. The number of nitrogens with one attached hydrogen (secondary N) is 1. The molecular weight excluding hydrogens is 851 g/mol. The van der Waals surface area contributed by atoms with Crippen molar-refractivity contribution in [2.75, 3.05) is 13.2 Å². The van der Waals surface area contributed by atoms with Gasteiger partial charge in [-0.2, -0.15) is 0 Å². The Morgan fingerprint density at radius 1 is 0.406 bits per heavy atom. The molecule has 2 unspecified atom stereocenters. The van der Waals surface area contributed by atoms with E-state index in [1.165, 1.54) is 257 Å². The summed E-state index contributed by atoms with van der Waals surface area (Å²) in [5, 5.41) is 23.3. The molecule has 0 aromatic heterocycles. The monoisotopic (exact) mass is 972 g/mol. The second-order valence-electron chi connectivity index (χ2n) is 21.4. The second kappa shape index (κ2) is 58.9. The average molecular weight is 973 g/mol. The molecule has 0 saturated heterocycles. The zero-order valence-corrected chi connectivity index (χ0v) is 46.6. The molecule has 0 radical (unpaired) electrons. The molecule has 0 spiro atoms. The highest BCUT2D eigenvalue weighted by Gasteiger charge is 2.20. The van der Waals surface area contributed by atoms with E-state index in [2.05, 4.69) is 43.5 Å². The van der Waals surface area contributed by atoms with Crippen LogP contribution in [0.25, 0.3) is 0 Å². The van der Waals surface area contributed by atoms with Crippen molar-refractivity contribution >= 4 is 11.9 Å². The molecule has 408 valence electrons. The molecule has 69 heavy (non-hydrogen) atoms. The first-order valence-electron chi connectivity index (χ1n) is 31.1. The summed E-state index contributed by atoms with van der Waals surface area (Å²) >= 11 is 0. The van der Waals surface area contributed by atoms with Gasteiger partial charge < -0.3 is 20.3 Å². The second-order valence-corrected chi connectivity index (χ2v) is 21.4. The molecule has 0 aromatic rings. The fourth-order valence-electron chi connectivity index (χ4n) is 9.73. The van der Waals surface area contributed by atoms with Gasteiger partial charge in [-0.1, -0.05) is 295 Å².